The van der Waals surface area contributed by atoms with Gasteiger partial charge in [-0.25, -0.2) is 14.4 Å². The second-order valence-corrected chi connectivity index (χ2v) is 5.32. The quantitative estimate of drug-likeness (QED) is 0.406. The van der Waals surface area contributed by atoms with Crippen LogP contribution in [0.15, 0.2) is 30.6 Å². The summed E-state index contributed by atoms with van der Waals surface area (Å²) in [5.41, 5.74) is 0.600. The normalized spacial score (nSPS) is 10.9. The molecule has 20 heavy (non-hydrogen) atoms. The predicted octanol–water partition coefficient (Wildman–Crippen LogP) is 4.06. The maximum atomic E-state index is 14.0. The zero-order valence-electron chi connectivity index (χ0n) is 9.71. The Morgan fingerprint density at radius 2 is 2.10 bits per heavy atom. The third-order valence-electron chi connectivity index (χ3n) is 2.70. The number of hydrogen-bond donors (Lipinski definition) is 0. The van der Waals surface area contributed by atoms with E-state index in [0.29, 0.717) is 20.2 Å². The third kappa shape index (κ3) is 2.10. The molecule has 0 saturated heterocycles. The van der Waals surface area contributed by atoms with Crippen molar-refractivity contribution in [1.82, 2.24) is 9.97 Å². The minimum absolute atomic E-state index is 0.273. The molecular weight excluding hydrogens is 305 g/mol. The molecule has 0 aliphatic carbocycles. The smallest absolute Gasteiger partial charge is 0.258 e. The Bertz CT molecular complexity index is 837. The van der Waals surface area contributed by atoms with Crippen molar-refractivity contribution >= 4 is 38.8 Å². The van der Waals surface area contributed by atoms with E-state index >= 15 is 0 Å². The van der Waals surface area contributed by atoms with Crippen LogP contribution < -0.4 is 0 Å². The first-order chi connectivity index (χ1) is 9.56. The molecule has 0 fully saturated rings. The molecule has 0 unspecified atom stereocenters. The van der Waals surface area contributed by atoms with E-state index in [2.05, 4.69) is 9.97 Å². The summed E-state index contributed by atoms with van der Waals surface area (Å²) < 4.78 is 14.6. The first-order valence-corrected chi connectivity index (χ1v) is 6.60. The highest BCUT2D eigenvalue weighted by Gasteiger charge is 2.15. The number of rotatable bonds is 2. The maximum Gasteiger partial charge on any atom is 0.272 e. The van der Waals surface area contributed by atoms with Crippen LogP contribution in [0, 0.1) is 15.9 Å². The van der Waals surface area contributed by atoms with E-state index < -0.39 is 10.7 Å². The van der Waals surface area contributed by atoms with Gasteiger partial charge in [-0.15, -0.1) is 11.3 Å². The van der Waals surface area contributed by atoms with E-state index in [1.54, 1.807) is 6.07 Å². The number of nitro groups is 1. The molecule has 0 aliphatic heterocycles. The van der Waals surface area contributed by atoms with Crippen LogP contribution in [0.2, 0.25) is 5.15 Å². The van der Waals surface area contributed by atoms with E-state index in [-0.39, 0.29) is 11.3 Å². The molecule has 0 atom stereocenters. The van der Waals surface area contributed by atoms with E-state index in [1.807, 2.05) is 0 Å². The van der Waals surface area contributed by atoms with Crippen molar-refractivity contribution in [3.63, 3.8) is 0 Å². The van der Waals surface area contributed by atoms with Crippen LogP contribution >= 0.6 is 22.9 Å². The van der Waals surface area contributed by atoms with Gasteiger partial charge < -0.3 is 0 Å². The van der Waals surface area contributed by atoms with Gasteiger partial charge in [0.05, 0.1) is 21.2 Å². The molecule has 3 rings (SSSR count). The molecule has 0 aliphatic rings. The molecule has 2 heterocycles. The van der Waals surface area contributed by atoms with Crippen LogP contribution in [-0.4, -0.2) is 14.9 Å². The number of benzene rings is 1. The number of nitro benzene ring substituents is 1. The van der Waals surface area contributed by atoms with Crippen molar-refractivity contribution in [3.8, 4) is 10.4 Å². The standard InChI is InChI=1S/C12H5ClFN3O2S/c13-12-11-9(15-5-16-12)4-10(20-11)7-2-1-6(17(18)19)3-8(7)14/h1-5H. The average Bonchev–Trinajstić information content (AvgIpc) is 2.83. The van der Waals surface area contributed by atoms with Gasteiger partial charge in [0.2, 0.25) is 0 Å². The second kappa shape index (κ2) is 4.77. The first-order valence-electron chi connectivity index (χ1n) is 5.40. The molecule has 3 aromatic rings. The fourth-order valence-electron chi connectivity index (χ4n) is 1.78. The van der Waals surface area contributed by atoms with E-state index in [1.165, 1.54) is 29.8 Å². The van der Waals surface area contributed by atoms with E-state index in [9.17, 15) is 14.5 Å². The molecule has 0 amide bonds. The second-order valence-electron chi connectivity index (χ2n) is 3.91. The SMILES string of the molecule is O=[N+]([O-])c1ccc(-c2cc3ncnc(Cl)c3s2)c(F)c1. The summed E-state index contributed by atoms with van der Waals surface area (Å²) in [6.07, 6.45) is 1.33. The zero-order valence-corrected chi connectivity index (χ0v) is 11.3. The van der Waals surface area contributed by atoms with Crippen LogP contribution in [0.25, 0.3) is 20.7 Å². The topological polar surface area (TPSA) is 68.9 Å². The van der Waals surface area contributed by atoms with Crippen molar-refractivity contribution in [3.05, 3.63) is 51.7 Å². The summed E-state index contributed by atoms with van der Waals surface area (Å²) in [6.45, 7) is 0. The fourth-order valence-corrected chi connectivity index (χ4v) is 3.05. The van der Waals surface area contributed by atoms with Crippen LogP contribution in [0.5, 0.6) is 0 Å². The van der Waals surface area contributed by atoms with Crippen molar-refractivity contribution in [2.24, 2.45) is 0 Å². The lowest BCUT2D eigenvalue weighted by Crippen LogP contribution is -1.90. The zero-order chi connectivity index (χ0) is 14.3. The molecule has 1 aromatic carbocycles. The van der Waals surface area contributed by atoms with E-state index in [0.717, 1.165) is 6.07 Å². The Balaban J connectivity index is 2.16. The van der Waals surface area contributed by atoms with Gasteiger partial charge in [0.25, 0.3) is 5.69 Å². The molecule has 0 radical (unpaired) electrons. The summed E-state index contributed by atoms with van der Waals surface area (Å²) in [6, 6.07) is 5.21. The average molecular weight is 310 g/mol. The van der Waals surface area contributed by atoms with Crippen molar-refractivity contribution < 1.29 is 9.31 Å². The van der Waals surface area contributed by atoms with Gasteiger partial charge >= 0.3 is 0 Å². The molecule has 0 bridgehead atoms. The number of aromatic nitrogens is 2. The van der Waals surface area contributed by atoms with Crippen molar-refractivity contribution in [2.75, 3.05) is 0 Å². The van der Waals surface area contributed by atoms with Gasteiger partial charge in [-0.1, -0.05) is 11.6 Å². The molecular formula is C12H5ClFN3O2S. The molecule has 100 valence electrons. The van der Waals surface area contributed by atoms with Gasteiger partial charge in [0.15, 0.2) is 0 Å². The molecule has 2 aromatic heterocycles. The van der Waals surface area contributed by atoms with Crippen LogP contribution in [-0.2, 0) is 0 Å². The number of fused-ring (bicyclic) bond motifs is 1. The van der Waals surface area contributed by atoms with Crippen molar-refractivity contribution in [2.45, 2.75) is 0 Å². The first kappa shape index (κ1) is 12.9. The Kier molecular flexibility index (Phi) is 3.07. The molecule has 5 nitrogen and oxygen atoms in total. The Hall–Kier alpha value is -2.12. The highest BCUT2D eigenvalue weighted by molar-refractivity contribution is 7.22. The number of halogens is 2. The highest BCUT2D eigenvalue weighted by Crippen LogP contribution is 2.37. The largest absolute Gasteiger partial charge is 0.272 e. The van der Waals surface area contributed by atoms with Gasteiger partial charge in [0, 0.05) is 16.5 Å². The van der Waals surface area contributed by atoms with Crippen LogP contribution in [0.4, 0.5) is 10.1 Å². The lowest BCUT2D eigenvalue weighted by molar-refractivity contribution is -0.385. The lowest BCUT2D eigenvalue weighted by atomic mass is 10.1. The minimum atomic E-state index is -0.658. The number of hydrogen-bond acceptors (Lipinski definition) is 5. The van der Waals surface area contributed by atoms with E-state index in [4.69, 9.17) is 11.6 Å². The minimum Gasteiger partial charge on any atom is -0.258 e. The van der Waals surface area contributed by atoms with Crippen LogP contribution in [0.3, 0.4) is 0 Å². The third-order valence-corrected chi connectivity index (χ3v) is 4.26. The Labute approximate surface area is 120 Å². The Morgan fingerprint density at radius 1 is 1.30 bits per heavy atom. The molecule has 0 N–H and O–H groups in total. The summed E-state index contributed by atoms with van der Waals surface area (Å²) in [5, 5.41) is 10.9. The van der Waals surface area contributed by atoms with Crippen LogP contribution in [0.1, 0.15) is 0 Å². The molecule has 0 saturated carbocycles. The Morgan fingerprint density at radius 3 is 2.75 bits per heavy atom. The highest BCUT2D eigenvalue weighted by atomic mass is 35.5. The van der Waals surface area contributed by atoms with Gasteiger partial charge in [-0.05, 0) is 12.1 Å². The number of thiophene rings is 1. The van der Waals surface area contributed by atoms with Crippen molar-refractivity contribution in [1.29, 1.82) is 0 Å². The fraction of sp³-hybridized carbons (Fsp3) is 0. The monoisotopic (exact) mass is 309 g/mol. The summed E-state index contributed by atoms with van der Waals surface area (Å²) in [7, 11) is 0. The molecule has 0 spiro atoms. The van der Waals surface area contributed by atoms with Gasteiger partial charge in [-0.2, -0.15) is 0 Å². The summed E-state index contributed by atoms with van der Waals surface area (Å²) in [4.78, 5) is 18.4. The number of nitrogens with zero attached hydrogens (tertiary/aromatic N) is 3. The van der Waals surface area contributed by atoms with Gasteiger partial charge in [0.1, 0.15) is 17.3 Å². The predicted molar refractivity (Wildman–Crippen MR) is 74.5 cm³/mol. The number of non-ortho nitro benzene ring substituents is 1. The lowest BCUT2D eigenvalue weighted by Gasteiger charge is -1.99. The molecule has 8 heteroatoms. The van der Waals surface area contributed by atoms with Gasteiger partial charge in [-0.3, -0.25) is 10.1 Å². The summed E-state index contributed by atoms with van der Waals surface area (Å²) in [5.74, 6) is -0.658. The summed E-state index contributed by atoms with van der Waals surface area (Å²) >= 11 is 7.18. The maximum absolute atomic E-state index is 14.0.